The zero-order valence-corrected chi connectivity index (χ0v) is 10.0. The SMILES string of the molecule is c1ccc2c(c1)CC[CH-]CCc1ccccc1-2. The van der Waals surface area contributed by atoms with Gasteiger partial charge in [-0.1, -0.05) is 61.4 Å². The predicted octanol–water partition coefficient (Wildman–Crippen LogP) is 4.44. The standard InChI is InChI=1S/C17H17/c1-2-8-14-10-4-6-12-16(14)17-13-7-5-11-15(17)9-3-1/h1,4-7,10-13H,2-3,8-9H2/q-1. The number of rotatable bonds is 0. The van der Waals surface area contributed by atoms with Crippen molar-refractivity contribution < 1.29 is 0 Å². The third-order valence-electron chi connectivity index (χ3n) is 3.56. The molecule has 86 valence electrons. The van der Waals surface area contributed by atoms with E-state index >= 15 is 0 Å². The van der Waals surface area contributed by atoms with Crippen LogP contribution in [0.15, 0.2) is 48.5 Å². The summed E-state index contributed by atoms with van der Waals surface area (Å²) in [5.74, 6) is 0. The van der Waals surface area contributed by atoms with Crippen LogP contribution in [0.1, 0.15) is 24.0 Å². The van der Waals surface area contributed by atoms with Crippen molar-refractivity contribution in [3.63, 3.8) is 0 Å². The number of benzene rings is 2. The Labute approximate surface area is 103 Å². The van der Waals surface area contributed by atoms with Crippen LogP contribution in [-0.4, -0.2) is 0 Å². The maximum Gasteiger partial charge on any atom is -0.0150 e. The zero-order valence-electron chi connectivity index (χ0n) is 10.0. The first-order valence-corrected chi connectivity index (χ1v) is 6.43. The molecule has 0 atom stereocenters. The summed E-state index contributed by atoms with van der Waals surface area (Å²) >= 11 is 0. The van der Waals surface area contributed by atoms with Crippen LogP contribution in [0, 0.1) is 6.42 Å². The number of hydrogen-bond acceptors (Lipinski definition) is 0. The van der Waals surface area contributed by atoms with Gasteiger partial charge in [0.15, 0.2) is 0 Å². The molecular formula is C17H17-. The summed E-state index contributed by atoms with van der Waals surface area (Å²) in [7, 11) is 0. The lowest BCUT2D eigenvalue weighted by molar-refractivity contribution is 0.837. The molecule has 0 amide bonds. The molecule has 2 aromatic carbocycles. The van der Waals surface area contributed by atoms with Gasteiger partial charge < -0.3 is 6.42 Å². The minimum absolute atomic E-state index is 1.17. The molecule has 0 bridgehead atoms. The molecule has 0 spiro atoms. The molecule has 0 heterocycles. The van der Waals surface area contributed by atoms with Gasteiger partial charge in [0.2, 0.25) is 0 Å². The van der Waals surface area contributed by atoms with Crippen molar-refractivity contribution in [2.24, 2.45) is 0 Å². The largest absolute Gasteiger partial charge is 0.328 e. The van der Waals surface area contributed by atoms with Crippen molar-refractivity contribution in [2.75, 3.05) is 0 Å². The van der Waals surface area contributed by atoms with Crippen LogP contribution >= 0.6 is 0 Å². The molecule has 0 unspecified atom stereocenters. The van der Waals surface area contributed by atoms with Crippen molar-refractivity contribution in [3.8, 4) is 11.1 Å². The average molecular weight is 221 g/mol. The normalized spacial score (nSPS) is 15.1. The molecule has 3 rings (SSSR count). The van der Waals surface area contributed by atoms with E-state index in [4.69, 9.17) is 0 Å². The highest BCUT2D eigenvalue weighted by Crippen LogP contribution is 2.30. The summed E-state index contributed by atoms with van der Waals surface area (Å²) in [6, 6.07) is 17.7. The fourth-order valence-corrected chi connectivity index (χ4v) is 2.66. The van der Waals surface area contributed by atoms with E-state index in [1.165, 1.54) is 47.9 Å². The Balaban J connectivity index is 2.18. The molecule has 0 radical (unpaired) electrons. The van der Waals surface area contributed by atoms with Crippen LogP contribution in [0.5, 0.6) is 0 Å². The lowest BCUT2D eigenvalue weighted by atomic mass is 9.93. The molecular weight excluding hydrogens is 204 g/mol. The molecule has 0 fully saturated rings. The van der Waals surface area contributed by atoms with Crippen LogP contribution in [-0.2, 0) is 12.8 Å². The Hall–Kier alpha value is -1.56. The Morgan fingerprint density at radius 1 is 0.647 bits per heavy atom. The fourth-order valence-electron chi connectivity index (χ4n) is 2.66. The van der Waals surface area contributed by atoms with Gasteiger partial charge in [0, 0.05) is 0 Å². The summed E-state index contributed by atoms with van der Waals surface area (Å²) in [5.41, 5.74) is 5.83. The van der Waals surface area contributed by atoms with E-state index in [9.17, 15) is 0 Å². The van der Waals surface area contributed by atoms with Crippen molar-refractivity contribution >= 4 is 0 Å². The van der Waals surface area contributed by atoms with Gasteiger partial charge in [-0.25, -0.2) is 0 Å². The van der Waals surface area contributed by atoms with E-state index in [0.717, 1.165) is 0 Å². The molecule has 0 saturated heterocycles. The van der Waals surface area contributed by atoms with Crippen LogP contribution in [0.4, 0.5) is 0 Å². The number of aryl methyl sites for hydroxylation is 2. The highest BCUT2D eigenvalue weighted by molar-refractivity contribution is 5.71. The Kier molecular flexibility index (Phi) is 2.96. The van der Waals surface area contributed by atoms with Crippen LogP contribution in [0.3, 0.4) is 0 Å². The smallest absolute Gasteiger partial charge is 0.0150 e. The highest BCUT2D eigenvalue weighted by Gasteiger charge is 2.08. The van der Waals surface area contributed by atoms with Crippen LogP contribution in [0.2, 0.25) is 0 Å². The van der Waals surface area contributed by atoms with Gasteiger partial charge in [-0.2, -0.15) is 12.8 Å². The third kappa shape index (κ3) is 2.12. The van der Waals surface area contributed by atoms with Crippen molar-refractivity contribution in [1.82, 2.24) is 0 Å². The first-order valence-electron chi connectivity index (χ1n) is 6.43. The summed E-state index contributed by atoms with van der Waals surface area (Å²) in [6.45, 7) is 0. The van der Waals surface area contributed by atoms with Gasteiger partial charge >= 0.3 is 0 Å². The minimum Gasteiger partial charge on any atom is -0.328 e. The second-order valence-electron chi connectivity index (χ2n) is 4.68. The molecule has 1 aliphatic rings. The molecule has 0 aromatic heterocycles. The Morgan fingerprint density at radius 2 is 1.12 bits per heavy atom. The van der Waals surface area contributed by atoms with Gasteiger partial charge in [0.25, 0.3) is 0 Å². The van der Waals surface area contributed by atoms with Gasteiger partial charge in [0.05, 0.1) is 0 Å². The second-order valence-corrected chi connectivity index (χ2v) is 4.68. The summed E-state index contributed by atoms with van der Waals surface area (Å²) in [4.78, 5) is 0. The summed E-state index contributed by atoms with van der Waals surface area (Å²) in [5, 5.41) is 0. The predicted molar refractivity (Wildman–Crippen MR) is 72.8 cm³/mol. The van der Waals surface area contributed by atoms with Crippen molar-refractivity contribution in [3.05, 3.63) is 66.1 Å². The molecule has 2 aromatic rings. The second kappa shape index (κ2) is 4.75. The van der Waals surface area contributed by atoms with E-state index < -0.39 is 0 Å². The third-order valence-corrected chi connectivity index (χ3v) is 3.56. The maximum atomic E-state index is 2.43. The van der Waals surface area contributed by atoms with E-state index in [-0.39, 0.29) is 0 Å². The van der Waals surface area contributed by atoms with E-state index in [2.05, 4.69) is 55.0 Å². The Morgan fingerprint density at radius 3 is 1.65 bits per heavy atom. The highest BCUT2D eigenvalue weighted by atomic mass is 14.1. The van der Waals surface area contributed by atoms with Crippen LogP contribution in [0.25, 0.3) is 11.1 Å². The monoisotopic (exact) mass is 221 g/mol. The molecule has 0 aliphatic heterocycles. The first-order chi connectivity index (χ1) is 8.45. The van der Waals surface area contributed by atoms with Gasteiger partial charge in [-0.05, 0) is 22.3 Å². The topological polar surface area (TPSA) is 0 Å². The molecule has 1 aliphatic carbocycles. The first kappa shape index (κ1) is 10.6. The van der Waals surface area contributed by atoms with Gasteiger partial charge in [-0.15, -0.1) is 0 Å². The lowest BCUT2D eigenvalue weighted by Crippen LogP contribution is -1.91. The van der Waals surface area contributed by atoms with E-state index in [1.54, 1.807) is 0 Å². The zero-order chi connectivity index (χ0) is 11.5. The molecule has 17 heavy (non-hydrogen) atoms. The van der Waals surface area contributed by atoms with Gasteiger partial charge in [0.1, 0.15) is 0 Å². The molecule has 0 saturated carbocycles. The molecule has 0 heteroatoms. The molecule has 0 N–H and O–H groups in total. The van der Waals surface area contributed by atoms with E-state index in [1.807, 2.05) is 0 Å². The fraction of sp³-hybridized carbons (Fsp3) is 0.235. The summed E-state index contributed by atoms with van der Waals surface area (Å²) < 4.78 is 0. The lowest BCUT2D eigenvalue weighted by Gasteiger charge is -2.12. The van der Waals surface area contributed by atoms with Crippen LogP contribution < -0.4 is 0 Å². The van der Waals surface area contributed by atoms with Gasteiger partial charge in [-0.3, -0.25) is 0 Å². The van der Waals surface area contributed by atoms with Crippen molar-refractivity contribution in [2.45, 2.75) is 25.7 Å². The Bertz CT molecular complexity index is 463. The molecule has 0 nitrogen and oxygen atoms in total. The average Bonchev–Trinajstić information content (AvgIpc) is 2.47. The van der Waals surface area contributed by atoms with E-state index in [0.29, 0.717) is 0 Å². The number of hydrogen-bond donors (Lipinski definition) is 0. The maximum absolute atomic E-state index is 2.43. The number of fused-ring (bicyclic) bond motifs is 3. The minimum atomic E-state index is 1.17. The quantitative estimate of drug-likeness (QED) is 0.577. The van der Waals surface area contributed by atoms with Crippen molar-refractivity contribution in [1.29, 1.82) is 0 Å². The summed E-state index contributed by atoms with van der Waals surface area (Å²) in [6.07, 6.45) is 7.17.